The Kier molecular flexibility index (Phi) is 8.05. The number of phenolic OH excluding ortho intramolecular Hbond substituents is 4. The maximum atomic E-state index is 13.7. The predicted molar refractivity (Wildman–Crippen MR) is 144 cm³/mol. The van der Waals surface area contributed by atoms with Gasteiger partial charge in [0.2, 0.25) is 5.78 Å². The molecule has 0 amide bonds. The zero-order valence-corrected chi connectivity index (χ0v) is 22.1. The van der Waals surface area contributed by atoms with Gasteiger partial charge in [-0.2, -0.15) is 0 Å². The monoisotopic (exact) mass is 580 g/mol. The summed E-state index contributed by atoms with van der Waals surface area (Å²) in [5, 5.41) is 61.9. The summed E-state index contributed by atoms with van der Waals surface area (Å²) >= 11 is 0. The maximum absolute atomic E-state index is 13.7. The Morgan fingerprint density at radius 3 is 2.36 bits per heavy atom. The van der Waals surface area contributed by atoms with E-state index in [0.717, 1.165) is 35.9 Å². The van der Waals surface area contributed by atoms with E-state index in [0.29, 0.717) is 0 Å². The number of fused-ring (bicyclic) bond motifs is 1. The number of rotatable bonds is 6. The maximum Gasteiger partial charge on any atom is 0.331 e. The smallest absolute Gasteiger partial charge is 0.331 e. The average molecular weight is 581 g/mol. The number of carbonyl (C=O) groups excluding carboxylic acids is 2. The minimum absolute atomic E-state index is 0.157. The fraction of sp³-hybridized carbons (Fsp3) is 0.267. The van der Waals surface area contributed by atoms with Crippen LogP contribution in [-0.4, -0.2) is 79.2 Å². The topological polar surface area (TPSA) is 192 Å². The van der Waals surface area contributed by atoms with Crippen LogP contribution >= 0.6 is 0 Å². The summed E-state index contributed by atoms with van der Waals surface area (Å²) < 4.78 is 22.8. The zero-order valence-electron chi connectivity index (χ0n) is 22.1. The lowest BCUT2D eigenvalue weighted by molar-refractivity contribution is -0.306. The zero-order chi connectivity index (χ0) is 30.1. The SMILES string of the molecule is CC1OC(OC2C(=O)c3c(O)cc(O)cc3OC2c2ccc(O)c(O)c2)C(O)C(OC(=O)C=Cc2ccccc2)C1O. The van der Waals surface area contributed by atoms with E-state index in [1.165, 1.54) is 19.1 Å². The number of ether oxygens (including phenoxy) is 4. The van der Waals surface area contributed by atoms with Crippen LogP contribution in [0.2, 0.25) is 0 Å². The molecule has 7 atom stereocenters. The van der Waals surface area contributed by atoms with Crippen molar-refractivity contribution in [3.05, 3.63) is 83.4 Å². The van der Waals surface area contributed by atoms with E-state index in [-0.39, 0.29) is 22.6 Å². The van der Waals surface area contributed by atoms with Gasteiger partial charge in [-0.3, -0.25) is 4.79 Å². The highest BCUT2D eigenvalue weighted by Gasteiger charge is 2.50. The van der Waals surface area contributed by atoms with Crippen molar-refractivity contribution in [2.45, 2.75) is 49.8 Å². The van der Waals surface area contributed by atoms with Crippen molar-refractivity contribution in [1.29, 1.82) is 0 Å². The van der Waals surface area contributed by atoms with Crippen LogP contribution in [0.15, 0.2) is 66.7 Å². The van der Waals surface area contributed by atoms with E-state index in [1.807, 2.05) is 6.07 Å². The summed E-state index contributed by atoms with van der Waals surface area (Å²) in [7, 11) is 0. The first-order valence-corrected chi connectivity index (χ1v) is 12.9. The normalized spacial score (nSPS) is 27.3. The Morgan fingerprint density at radius 1 is 0.905 bits per heavy atom. The molecular weight excluding hydrogens is 552 g/mol. The number of benzene rings is 3. The molecule has 0 spiro atoms. The molecule has 6 N–H and O–H groups in total. The first-order valence-electron chi connectivity index (χ1n) is 12.9. The molecule has 0 aliphatic carbocycles. The highest BCUT2D eigenvalue weighted by molar-refractivity contribution is 6.05. The van der Waals surface area contributed by atoms with E-state index in [4.69, 9.17) is 18.9 Å². The fourth-order valence-corrected chi connectivity index (χ4v) is 4.79. The largest absolute Gasteiger partial charge is 0.508 e. The third-order valence-electron chi connectivity index (χ3n) is 6.95. The number of aromatic hydroxyl groups is 4. The number of carbonyl (C=O) groups is 2. The van der Waals surface area contributed by atoms with Crippen LogP contribution in [0.5, 0.6) is 28.7 Å². The average Bonchev–Trinajstić information content (AvgIpc) is 2.95. The Hall–Kier alpha value is -4.62. The quantitative estimate of drug-likeness (QED) is 0.142. The molecule has 12 nitrogen and oxygen atoms in total. The van der Waals surface area contributed by atoms with Crippen molar-refractivity contribution in [2.75, 3.05) is 0 Å². The molecule has 1 fully saturated rings. The van der Waals surface area contributed by atoms with Gasteiger partial charge in [-0.25, -0.2) is 4.79 Å². The van der Waals surface area contributed by atoms with E-state index < -0.39 is 71.9 Å². The molecule has 0 saturated carbocycles. The minimum atomic E-state index is -1.78. The molecule has 0 aromatic heterocycles. The van der Waals surface area contributed by atoms with E-state index >= 15 is 0 Å². The van der Waals surface area contributed by atoms with Gasteiger partial charge in [0.05, 0.1) is 6.10 Å². The van der Waals surface area contributed by atoms with Gasteiger partial charge in [0.25, 0.3) is 0 Å². The van der Waals surface area contributed by atoms with Crippen LogP contribution < -0.4 is 4.74 Å². The lowest BCUT2D eigenvalue weighted by Crippen LogP contribution is -2.60. The Labute approximate surface area is 239 Å². The Bertz CT molecular complexity index is 1500. The molecule has 3 aromatic rings. The molecule has 1 saturated heterocycles. The Morgan fingerprint density at radius 2 is 1.64 bits per heavy atom. The standard InChI is InChI=1S/C30H28O12/c1-14-24(36)28(41-22(35)10-7-15-5-3-2-4-6-15)26(38)30(39-14)42-29-25(37)23-20(34)12-17(31)13-21(23)40-27(29)16-8-9-18(32)19(33)11-16/h2-14,24,26-34,36,38H,1H3. The summed E-state index contributed by atoms with van der Waals surface area (Å²) in [5.41, 5.74) is 0.560. The van der Waals surface area contributed by atoms with Gasteiger partial charge in [0, 0.05) is 18.2 Å². The number of aliphatic hydroxyl groups is 2. The van der Waals surface area contributed by atoms with Gasteiger partial charge >= 0.3 is 5.97 Å². The predicted octanol–water partition coefficient (Wildman–Crippen LogP) is 2.30. The van der Waals surface area contributed by atoms with E-state index in [9.17, 15) is 40.2 Å². The number of ketones is 1. The Balaban J connectivity index is 1.42. The van der Waals surface area contributed by atoms with Gasteiger partial charge in [-0.1, -0.05) is 36.4 Å². The van der Waals surface area contributed by atoms with Crippen LogP contribution in [0.3, 0.4) is 0 Å². The van der Waals surface area contributed by atoms with Crippen LogP contribution in [0, 0.1) is 0 Å². The van der Waals surface area contributed by atoms with Crippen LogP contribution in [0.25, 0.3) is 6.08 Å². The molecule has 0 bridgehead atoms. The first kappa shape index (κ1) is 28.9. The third kappa shape index (κ3) is 5.74. The molecule has 7 unspecified atom stereocenters. The van der Waals surface area contributed by atoms with Crippen LogP contribution in [0.1, 0.15) is 34.5 Å². The van der Waals surface area contributed by atoms with Crippen molar-refractivity contribution >= 4 is 17.8 Å². The first-order chi connectivity index (χ1) is 20.0. The number of esters is 1. The third-order valence-corrected chi connectivity index (χ3v) is 6.95. The number of hydrogen-bond acceptors (Lipinski definition) is 12. The molecule has 0 radical (unpaired) electrons. The molecule has 2 heterocycles. The van der Waals surface area contributed by atoms with Crippen molar-refractivity contribution < 1.29 is 59.2 Å². The molecule has 5 rings (SSSR count). The van der Waals surface area contributed by atoms with E-state index in [2.05, 4.69) is 0 Å². The van der Waals surface area contributed by atoms with Gasteiger partial charge in [-0.05, 0) is 36.3 Å². The highest BCUT2D eigenvalue weighted by atomic mass is 16.7. The number of phenols is 4. The summed E-state index contributed by atoms with van der Waals surface area (Å²) in [6.07, 6.45) is -7.72. The number of hydrogen-bond donors (Lipinski definition) is 6. The number of Topliss-reactive ketones (excluding diaryl/α,β-unsaturated/α-hetero) is 1. The molecule has 220 valence electrons. The van der Waals surface area contributed by atoms with Crippen molar-refractivity contribution in [2.24, 2.45) is 0 Å². The summed E-state index contributed by atoms with van der Waals surface area (Å²) in [5.74, 6) is -3.79. The molecule has 2 aliphatic rings. The highest BCUT2D eigenvalue weighted by Crippen LogP contribution is 2.44. The molecular formula is C30H28O12. The second-order valence-corrected chi connectivity index (χ2v) is 9.88. The lowest BCUT2D eigenvalue weighted by Gasteiger charge is -2.43. The molecule has 3 aromatic carbocycles. The second-order valence-electron chi connectivity index (χ2n) is 9.88. The second kappa shape index (κ2) is 11.7. The molecule has 2 aliphatic heterocycles. The van der Waals surface area contributed by atoms with Gasteiger partial charge < -0.3 is 49.6 Å². The fourth-order valence-electron chi connectivity index (χ4n) is 4.79. The van der Waals surface area contributed by atoms with Gasteiger partial charge in [-0.15, -0.1) is 0 Å². The molecule has 42 heavy (non-hydrogen) atoms. The summed E-state index contributed by atoms with van der Waals surface area (Å²) in [4.78, 5) is 26.2. The van der Waals surface area contributed by atoms with Crippen molar-refractivity contribution in [1.82, 2.24) is 0 Å². The number of aliphatic hydroxyl groups excluding tert-OH is 2. The van der Waals surface area contributed by atoms with Crippen molar-refractivity contribution in [3.8, 4) is 28.7 Å². The van der Waals surface area contributed by atoms with Crippen molar-refractivity contribution in [3.63, 3.8) is 0 Å². The van der Waals surface area contributed by atoms with Gasteiger partial charge in [0.1, 0.15) is 35.0 Å². The lowest BCUT2D eigenvalue weighted by atomic mass is 9.92. The van der Waals surface area contributed by atoms with Crippen LogP contribution in [0.4, 0.5) is 0 Å². The minimum Gasteiger partial charge on any atom is -0.508 e. The summed E-state index contributed by atoms with van der Waals surface area (Å²) in [6.45, 7) is 1.45. The van der Waals surface area contributed by atoms with E-state index in [1.54, 1.807) is 24.3 Å². The van der Waals surface area contributed by atoms with Crippen LogP contribution in [-0.2, 0) is 19.0 Å². The van der Waals surface area contributed by atoms with Gasteiger partial charge in [0.15, 0.2) is 36.1 Å². The summed E-state index contributed by atoms with van der Waals surface area (Å²) in [6, 6.07) is 14.6. The molecule has 12 heteroatoms.